The first-order chi connectivity index (χ1) is 10.6. The zero-order chi connectivity index (χ0) is 15.5. The van der Waals surface area contributed by atoms with Gasteiger partial charge in [-0.15, -0.1) is 11.3 Å². The molecule has 0 spiro atoms. The van der Waals surface area contributed by atoms with Crippen molar-refractivity contribution in [1.82, 2.24) is 4.98 Å². The average Bonchev–Trinajstić information content (AvgIpc) is 2.95. The fourth-order valence-corrected chi connectivity index (χ4v) is 3.06. The first-order valence-corrected chi connectivity index (χ1v) is 8.33. The lowest BCUT2D eigenvalue weighted by Gasteiger charge is -2.10. The SMILES string of the molecule is Cc1ncc(C(=O)Nc2ccccc2-c2ccc(Br)cc2)s1. The van der Waals surface area contributed by atoms with Gasteiger partial charge in [0.1, 0.15) is 4.88 Å². The summed E-state index contributed by atoms with van der Waals surface area (Å²) in [4.78, 5) is 17.1. The lowest BCUT2D eigenvalue weighted by molar-refractivity contribution is 0.103. The van der Waals surface area contributed by atoms with Gasteiger partial charge in [-0.3, -0.25) is 4.79 Å². The third-order valence-corrected chi connectivity index (χ3v) is 4.62. The molecule has 5 heteroatoms. The highest BCUT2D eigenvalue weighted by Crippen LogP contribution is 2.29. The van der Waals surface area contributed by atoms with Gasteiger partial charge in [0, 0.05) is 15.7 Å². The van der Waals surface area contributed by atoms with Crippen LogP contribution in [0.1, 0.15) is 14.7 Å². The number of hydrogen-bond donors (Lipinski definition) is 1. The summed E-state index contributed by atoms with van der Waals surface area (Å²) in [7, 11) is 0. The molecule has 0 atom stereocenters. The van der Waals surface area contributed by atoms with Gasteiger partial charge in [-0.1, -0.05) is 46.3 Å². The fourth-order valence-electron chi connectivity index (χ4n) is 2.12. The molecule has 3 nitrogen and oxygen atoms in total. The standard InChI is InChI=1S/C17H13BrN2OS/c1-11-19-10-16(22-11)17(21)20-15-5-3-2-4-14(15)12-6-8-13(18)9-7-12/h2-10H,1H3,(H,20,21). The normalized spacial score (nSPS) is 10.5. The van der Waals surface area contributed by atoms with Crippen LogP contribution < -0.4 is 5.32 Å². The summed E-state index contributed by atoms with van der Waals surface area (Å²) < 4.78 is 1.03. The van der Waals surface area contributed by atoms with Gasteiger partial charge in [0.25, 0.3) is 5.91 Å². The van der Waals surface area contributed by atoms with Gasteiger partial charge in [0.15, 0.2) is 0 Å². The van der Waals surface area contributed by atoms with E-state index in [-0.39, 0.29) is 5.91 Å². The summed E-state index contributed by atoms with van der Waals surface area (Å²) >= 11 is 4.82. The molecule has 1 aromatic heterocycles. The summed E-state index contributed by atoms with van der Waals surface area (Å²) in [6.07, 6.45) is 1.61. The maximum Gasteiger partial charge on any atom is 0.267 e. The first-order valence-electron chi connectivity index (χ1n) is 6.72. The lowest BCUT2D eigenvalue weighted by Crippen LogP contribution is -2.10. The Morgan fingerprint density at radius 3 is 2.55 bits per heavy atom. The number of halogens is 1. The number of aromatic nitrogens is 1. The number of anilines is 1. The highest BCUT2D eigenvalue weighted by atomic mass is 79.9. The van der Waals surface area contributed by atoms with Crippen LogP contribution in [0.5, 0.6) is 0 Å². The molecular weight excluding hydrogens is 360 g/mol. The Hall–Kier alpha value is -1.98. The van der Waals surface area contributed by atoms with Crippen LogP contribution in [0.25, 0.3) is 11.1 Å². The molecule has 0 saturated carbocycles. The molecule has 0 aliphatic rings. The van der Waals surface area contributed by atoms with E-state index in [0.29, 0.717) is 4.88 Å². The fraction of sp³-hybridized carbons (Fsp3) is 0.0588. The Labute approximate surface area is 141 Å². The molecule has 110 valence electrons. The number of amides is 1. The monoisotopic (exact) mass is 372 g/mol. The number of para-hydroxylation sites is 1. The maximum atomic E-state index is 12.3. The molecule has 0 radical (unpaired) electrons. The molecule has 22 heavy (non-hydrogen) atoms. The highest BCUT2D eigenvalue weighted by Gasteiger charge is 2.12. The van der Waals surface area contributed by atoms with Gasteiger partial charge in [0.05, 0.1) is 11.2 Å². The Balaban J connectivity index is 1.91. The van der Waals surface area contributed by atoms with Crippen LogP contribution in [0.2, 0.25) is 0 Å². The van der Waals surface area contributed by atoms with E-state index in [1.807, 2.05) is 55.5 Å². The van der Waals surface area contributed by atoms with Gasteiger partial charge in [-0.25, -0.2) is 4.98 Å². The van der Waals surface area contributed by atoms with E-state index in [4.69, 9.17) is 0 Å². The molecule has 0 unspecified atom stereocenters. The molecule has 0 aliphatic carbocycles. The molecule has 1 amide bonds. The molecule has 0 fully saturated rings. The van der Waals surface area contributed by atoms with Crippen LogP contribution in [-0.4, -0.2) is 10.9 Å². The number of nitrogens with one attached hydrogen (secondary N) is 1. The molecule has 3 rings (SSSR count). The Morgan fingerprint density at radius 2 is 1.86 bits per heavy atom. The van der Waals surface area contributed by atoms with E-state index >= 15 is 0 Å². The number of aryl methyl sites for hydroxylation is 1. The summed E-state index contributed by atoms with van der Waals surface area (Å²) in [6.45, 7) is 1.89. The van der Waals surface area contributed by atoms with Crippen LogP contribution in [0.4, 0.5) is 5.69 Å². The van der Waals surface area contributed by atoms with E-state index in [1.54, 1.807) is 6.20 Å². The molecule has 1 heterocycles. The zero-order valence-corrected chi connectivity index (χ0v) is 14.2. The van der Waals surface area contributed by atoms with Crippen molar-refractivity contribution in [2.75, 3.05) is 5.32 Å². The largest absolute Gasteiger partial charge is 0.321 e. The number of nitrogens with zero attached hydrogens (tertiary/aromatic N) is 1. The first kappa shape index (κ1) is 14.9. The predicted molar refractivity (Wildman–Crippen MR) is 94.4 cm³/mol. The molecule has 2 aromatic carbocycles. The minimum atomic E-state index is -0.129. The van der Waals surface area contributed by atoms with Crippen LogP contribution in [0.15, 0.2) is 59.2 Å². The summed E-state index contributed by atoms with van der Waals surface area (Å²) in [5, 5.41) is 3.85. The minimum absolute atomic E-state index is 0.129. The molecule has 1 N–H and O–H groups in total. The number of benzene rings is 2. The van der Waals surface area contributed by atoms with Crippen molar-refractivity contribution >= 4 is 38.9 Å². The topological polar surface area (TPSA) is 42.0 Å². The molecular formula is C17H13BrN2OS. The number of hydrogen-bond acceptors (Lipinski definition) is 3. The van der Waals surface area contributed by atoms with Gasteiger partial charge >= 0.3 is 0 Å². The van der Waals surface area contributed by atoms with Crippen molar-refractivity contribution in [3.8, 4) is 11.1 Å². The van der Waals surface area contributed by atoms with Gasteiger partial charge < -0.3 is 5.32 Å². The zero-order valence-electron chi connectivity index (χ0n) is 11.8. The van der Waals surface area contributed by atoms with E-state index < -0.39 is 0 Å². The van der Waals surface area contributed by atoms with Crippen molar-refractivity contribution in [1.29, 1.82) is 0 Å². The summed E-state index contributed by atoms with van der Waals surface area (Å²) in [5.41, 5.74) is 2.84. The molecule has 0 saturated heterocycles. The maximum absolute atomic E-state index is 12.3. The summed E-state index contributed by atoms with van der Waals surface area (Å²) in [5.74, 6) is -0.129. The lowest BCUT2D eigenvalue weighted by atomic mass is 10.0. The van der Waals surface area contributed by atoms with Crippen LogP contribution >= 0.6 is 27.3 Å². The predicted octanol–water partition coefficient (Wildman–Crippen LogP) is 5.13. The van der Waals surface area contributed by atoms with Crippen molar-refractivity contribution in [3.63, 3.8) is 0 Å². The van der Waals surface area contributed by atoms with E-state index in [2.05, 4.69) is 26.2 Å². The number of carbonyl (C=O) groups is 1. The van der Waals surface area contributed by atoms with Crippen molar-refractivity contribution in [2.24, 2.45) is 0 Å². The third-order valence-electron chi connectivity index (χ3n) is 3.18. The van der Waals surface area contributed by atoms with Gasteiger partial charge in [-0.05, 0) is 30.7 Å². The molecule has 0 aliphatic heterocycles. The molecule has 0 bridgehead atoms. The second-order valence-electron chi connectivity index (χ2n) is 4.75. The Kier molecular flexibility index (Phi) is 4.36. The Morgan fingerprint density at radius 1 is 1.14 bits per heavy atom. The number of thiazole rings is 1. The second-order valence-corrected chi connectivity index (χ2v) is 6.90. The minimum Gasteiger partial charge on any atom is -0.321 e. The van der Waals surface area contributed by atoms with Gasteiger partial charge in [0.2, 0.25) is 0 Å². The van der Waals surface area contributed by atoms with Gasteiger partial charge in [-0.2, -0.15) is 0 Å². The average molecular weight is 373 g/mol. The van der Waals surface area contributed by atoms with E-state index in [0.717, 1.165) is 26.3 Å². The van der Waals surface area contributed by atoms with Crippen molar-refractivity contribution in [2.45, 2.75) is 6.92 Å². The van der Waals surface area contributed by atoms with Crippen molar-refractivity contribution < 1.29 is 4.79 Å². The summed E-state index contributed by atoms with van der Waals surface area (Å²) in [6, 6.07) is 15.8. The van der Waals surface area contributed by atoms with Crippen LogP contribution in [-0.2, 0) is 0 Å². The number of rotatable bonds is 3. The second kappa shape index (κ2) is 6.42. The van der Waals surface area contributed by atoms with E-state index in [9.17, 15) is 4.79 Å². The smallest absolute Gasteiger partial charge is 0.267 e. The molecule has 3 aromatic rings. The number of carbonyl (C=O) groups excluding carboxylic acids is 1. The van der Waals surface area contributed by atoms with Crippen LogP contribution in [0.3, 0.4) is 0 Å². The van der Waals surface area contributed by atoms with Crippen LogP contribution in [0, 0.1) is 6.92 Å². The Bertz CT molecular complexity index is 812. The van der Waals surface area contributed by atoms with E-state index in [1.165, 1.54) is 11.3 Å². The van der Waals surface area contributed by atoms with Crippen molar-refractivity contribution in [3.05, 3.63) is 69.1 Å². The highest BCUT2D eigenvalue weighted by molar-refractivity contribution is 9.10. The third kappa shape index (κ3) is 3.26. The quantitative estimate of drug-likeness (QED) is 0.691.